The SMILES string of the molecule is CCNCc1cc(-c2ccccc2)ns1. The van der Waals surface area contributed by atoms with Crippen LogP contribution in [0.4, 0.5) is 0 Å². The van der Waals surface area contributed by atoms with Crippen LogP contribution in [0.15, 0.2) is 36.4 Å². The second kappa shape index (κ2) is 5.05. The van der Waals surface area contributed by atoms with Gasteiger partial charge in [-0.15, -0.1) is 0 Å². The number of aromatic nitrogens is 1. The number of rotatable bonds is 4. The summed E-state index contributed by atoms with van der Waals surface area (Å²) in [6.07, 6.45) is 0. The van der Waals surface area contributed by atoms with Gasteiger partial charge in [0.2, 0.25) is 0 Å². The zero-order chi connectivity index (χ0) is 10.5. The molecule has 0 saturated carbocycles. The molecule has 0 aliphatic carbocycles. The summed E-state index contributed by atoms with van der Waals surface area (Å²) in [7, 11) is 0. The van der Waals surface area contributed by atoms with E-state index in [1.165, 1.54) is 10.4 Å². The van der Waals surface area contributed by atoms with Crippen molar-refractivity contribution in [2.75, 3.05) is 6.54 Å². The molecule has 0 spiro atoms. The molecule has 1 N–H and O–H groups in total. The Kier molecular flexibility index (Phi) is 3.48. The van der Waals surface area contributed by atoms with Crippen molar-refractivity contribution >= 4 is 11.5 Å². The molecule has 1 aromatic heterocycles. The lowest BCUT2D eigenvalue weighted by Crippen LogP contribution is -2.10. The van der Waals surface area contributed by atoms with E-state index in [1.807, 2.05) is 18.2 Å². The first-order valence-corrected chi connectivity index (χ1v) is 5.89. The van der Waals surface area contributed by atoms with Crippen LogP contribution in [0.2, 0.25) is 0 Å². The summed E-state index contributed by atoms with van der Waals surface area (Å²) in [5.74, 6) is 0. The van der Waals surface area contributed by atoms with Crippen LogP contribution in [0.25, 0.3) is 11.3 Å². The van der Waals surface area contributed by atoms with Gasteiger partial charge in [-0.05, 0) is 24.1 Å². The van der Waals surface area contributed by atoms with Crippen molar-refractivity contribution in [1.82, 2.24) is 9.69 Å². The molecular weight excluding hydrogens is 204 g/mol. The summed E-state index contributed by atoms with van der Waals surface area (Å²) < 4.78 is 4.44. The van der Waals surface area contributed by atoms with E-state index < -0.39 is 0 Å². The fourth-order valence-corrected chi connectivity index (χ4v) is 2.09. The van der Waals surface area contributed by atoms with Crippen molar-refractivity contribution in [3.8, 4) is 11.3 Å². The van der Waals surface area contributed by atoms with Crippen molar-refractivity contribution in [2.45, 2.75) is 13.5 Å². The molecule has 3 heteroatoms. The fraction of sp³-hybridized carbons (Fsp3) is 0.250. The van der Waals surface area contributed by atoms with Gasteiger partial charge < -0.3 is 5.32 Å². The molecule has 0 bridgehead atoms. The Morgan fingerprint density at radius 3 is 2.80 bits per heavy atom. The van der Waals surface area contributed by atoms with E-state index >= 15 is 0 Å². The lowest BCUT2D eigenvalue weighted by Gasteiger charge is -1.95. The number of nitrogens with zero attached hydrogens (tertiary/aromatic N) is 1. The highest BCUT2D eigenvalue weighted by Crippen LogP contribution is 2.21. The molecule has 0 fully saturated rings. The Morgan fingerprint density at radius 2 is 2.07 bits per heavy atom. The first-order chi connectivity index (χ1) is 7.40. The minimum absolute atomic E-state index is 0.918. The van der Waals surface area contributed by atoms with Crippen molar-refractivity contribution < 1.29 is 0 Å². The van der Waals surface area contributed by atoms with E-state index in [-0.39, 0.29) is 0 Å². The van der Waals surface area contributed by atoms with Gasteiger partial charge in [-0.1, -0.05) is 37.3 Å². The van der Waals surface area contributed by atoms with Crippen molar-refractivity contribution in [1.29, 1.82) is 0 Å². The predicted octanol–water partition coefficient (Wildman–Crippen LogP) is 2.92. The lowest BCUT2D eigenvalue weighted by atomic mass is 10.1. The molecule has 15 heavy (non-hydrogen) atoms. The maximum atomic E-state index is 4.44. The standard InChI is InChI=1S/C12H14N2S/c1-2-13-9-11-8-12(14-15-11)10-6-4-3-5-7-10/h3-8,13H,2,9H2,1H3. The van der Waals surface area contributed by atoms with E-state index in [0.717, 1.165) is 18.8 Å². The van der Waals surface area contributed by atoms with Gasteiger partial charge in [0.25, 0.3) is 0 Å². The average molecular weight is 218 g/mol. The van der Waals surface area contributed by atoms with Gasteiger partial charge >= 0.3 is 0 Å². The number of benzene rings is 1. The zero-order valence-corrected chi connectivity index (χ0v) is 9.55. The molecule has 2 rings (SSSR count). The van der Waals surface area contributed by atoms with E-state index in [4.69, 9.17) is 0 Å². The first kappa shape index (κ1) is 10.3. The molecule has 0 aliphatic rings. The molecule has 1 heterocycles. The lowest BCUT2D eigenvalue weighted by molar-refractivity contribution is 0.735. The summed E-state index contributed by atoms with van der Waals surface area (Å²) in [6, 6.07) is 12.4. The van der Waals surface area contributed by atoms with Gasteiger partial charge in [0, 0.05) is 17.0 Å². The van der Waals surface area contributed by atoms with Gasteiger partial charge in [0.1, 0.15) is 0 Å². The molecule has 78 valence electrons. The molecule has 0 radical (unpaired) electrons. The zero-order valence-electron chi connectivity index (χ0n) is 8.73. The van der Waals surface area contributed by atoms with Crippen LogP contribution in [0, 0.1) is 0 Å². The summed E-state index contributed by atoms with van der Waals surface area (Å²) in [5.41, 5.74) is 2.27. The summed E-state index contributed by atoms with van der Waals surface area (Å²) in [4.78, 5) is 1.29. The van der Waals surface area contributed by atoms with Crippen LogP contribution in [0.5, 0.6) is 0 Å². The first-order valence-electron chi connectivity index (χ1n) is 5.12. The quantitative estimate of drug-likeness (QED) is 0.853. The van der Waals surface area contributed by atoms with E-state index in [9.17, 15) is 0 Å². The minimum Gasteiger partial charge on any atom is -0.312 e. The molecule has 2 aromatic rings. The topological polar surface area (TPSA) is 24.9 Å². The summed E-state index contributed by atoms with van der Waals surface area (Å²) in [6.45, 7) is 4.03. The van der Waals surface area contributed by atoms with Gasteiger partial charge in [0.15, 0.2) is 0 Å². The second-order valence-electron chi connectivity index (χ2n) is 3.32. The van der Waals surface area contributed by atoms with Crippen LogP contribution < -0.4 is 5.32 Å². The predicted molar refractivity (Wildman–Crippen MR) is 64.9 cm³/mol. The number of hydrogen-bond donors (Lipinski definition) is 1. The minimum atomic E-state index is 0.918. The van der Waals surface area contributed by atoms with Crippen LogP contribution >= 0.6 is 11.5 Å². The summed E-state index contributed by atoms with van der Waals surface area (Å²) >= 11 is 1.57. The Bertz CT molecular complexity index is 409. The van der Waals surface area contributed by atoms with Crippen LogP contribution in [0.3, 0.4) is 0 Å². The van der Waals surface area contributed by atoms with Crippen molar-refractivity contribution in [3.05, 3.63) is 41.3 Å². The van der Waals surface area contributed by atoms with Crippen molar-refractivity contribution in [2.24, 2.45) is 0 Å². The highest BCUT2D eigenvalue weighted by molar-refractivity contribution is 7.06. The maximum absolute atomic E-state index is 4.44. The molecule has 0 unspecified atom stereocenters. The molecule has 0 aliphatic heterocycles. The Balaban J connectivity index is 2.14. The molecule has 0 amide bonds. The largest absolute Gasteiger partial charge is 0.312 e. The third kappa shape index (κ3) is 2.64. The molecule has 2 nitrogen and oxygen atoms in total. The van der Waals surface area contributed by atoms with E-state index in [1.54, 1.807) is 11.5 Å². The molecule has 0 atom stereocenters. The number of nitrogens with one attached hydrogen (secondary N) is 1. The molecular formula is C12H14N2S. The van der Waals surface area contributed by atoms with Crippen LogP contribution in [0.1, 0.15) is 11.8 Å². The van der Waals surface area contributed by atoms with E-state index in [0.29, 0.717) is 0 Å². The average Bonchev–Trinajstić information content (AvgIpc) is 2.76. The normalized spacial score (nSPS) is 10.5. The van der Waals surface area contributed by atoms with Crippen molar-refractivity contribution in [3.63, 3.8) is 0 Å². The van der Waals surface area contributed by atoms with Gasteiger partial charge in [-0.25, -0.2) is 0 Å². The second-order valence-corrected chi connectivity index (χ2v) is 4.21. The van der Waals surface area contributed by atoms with Gasteiger partial charge in [-0.2, -0.15) is 4.37 Å². The van der Waals surface area contributed by atoms with Crippen LogP contribution in [-0.4, -0.2) is 10.9 Å². The highest BCUT2D eigenvalue weighted by Gasteiger charge is 2.02. The molecule has 0 saturated heterocycles. The van der Waals surface area contributed by atoms with Gasteiger partial charge in [0.05, 0.1) is 5.69 Å². The smallest absolute Gasteiger partial charge is 0.0844 e. The fourth-order valence-electron chi connectivity index (χ4n) is 1.39. The maximum Gasteiger partial charge on any atom is 0.0844 e. The highest BCUT2D eigenvalue weighted by atomic mass is 32.1. The third-order valence-corrected chi connectivity index (χ3v) is 2.96. The Hall–Kier alpha value is -1.19. The third-order valence-electron chi connectivity index (χ3n) is 2.18. The molecule has 1 aromatic carbocycles. The van der Waals surface area contributed by atoms with E-state index in [2.05, 4.69) is 34.8 Å². The summed E-state index contributed by atoms with van der Waals surface area (Å²) in [5, 5.41) is 3.30. The Labute approximate surface area is 94.1 Å². The Morgan fingerprint density at radius 1 is 1.27 bits per heavy atom. The number of hydrogen-bond acceptors (Lipinski definition) is 3. The van der Waals surface area contributed by atoms with Crippen LogP contribution in [-0.2, 0) is 6.54 Å². The monoisotopic (exact) mass is 218 g/mol. The van der Waals surface area contributed by atoms with Gasteiger partial charge in [-0.3, -0.25) is 0 Å².